The Kier molecular flexibility index (Phi) is 6.18. The van der Waals surface area contributed by atoms with Crippen LogP contribution in [0.2, 0.25) is 0 Å². The minimum atomic E-state index is -0.643. The van der Waals surface area contributed by atoms with Crippen LogP contribution in [-0.2, 0) is 9.53 Å². The number of carbonyl (C=O) groups excluding carboxylic acids is 2. The van der Waals surface area contributed by atoms with Crippen LogP contribution in [0.25, 0.3) is 11.3 Å². The highest BCUT2D eigenvalue weighted by Gasteiger charge is 2.20. The fourth-order valence-corrected chi connectivity index (χ4v) is 3.29. The first-order valence-electron chi connectivity index (χ1n) is 8.47. The minimum absolute atomic E-state index is 0.0442. The number of rotatable bonds is 7. The average molecular weight is 394 g/mol. The van der Waals surface area contributed by atoms with E-state index in [1.54, 1.807) is 6.08 Å². The van der Waals surface area contributed by atoms with E-state index in [0.717, 1.165) is 11.3 Å². The summed E-state index contributed by atoms with van der Waals surface area (Å²) < 4.78 is 5.10. The molecule has 3 rings (SSSR count). The first kappa shape index (κ1) is 19.3. The van der Waals surface area contributed by atoms with Gasteiger partial charge in [-0.1, -0.05) is 36.4 Å². The second-order valence-electron chi connectivity index (χ2n) is 5.80. The number of phenolic OH excluding ortho intramolecular Hbond substituents is 1. The predicted octanol–water partition coefficient (Wildman–Crippen LogP) is 3.89. The molecule has 3 aromatic rings. The van der Waals surface area contributed by atoms with E-state index in [9.17, 15) is 14.7 Å². The molecule has 0 aliphatic heterocycles. The van der Waals surface area contributed by atoms with Crippen molar-refractivity contribution in [3.05, 3.63) is 78.2 Å². The molecule has 2 aromatic carbocycles. The molecule has 0 aliphatic rings. The molecule has 0 aliphatic carbocycles. The third-order valence-corrected chi connectivity index (χ3v) is 4.70. The summed E-state index contributed by atoms with van der Waals surface area (Å²) in [6, 6.07) is 15.3. The van der Waals surface area contributed by atoms with E-state index < -0.39 is 18.5 Å². The lowest BCUT2D eigenvalue weighted by Gasteiger charge is -2.17. The van der Waals surface area contributed by atoms with Crippen LogP contribution in [0, 0.1) is 0 Å². The van der Waals surface area contributed by atoms with Crippen molar-refractivity contribution in [3.8, 4) is 17.0 Å². The molecule has 1 heterocycles. The largest absolute Gasteiger partial charge is 0.508 e. The Balaban J connectivity index is 1.69. The van der Waals surface area contributed by atoms with Gasteiger partial charge in [-0.25, -0.2) is 9.78 Å². The molecule has 0 unspecified atom stereocenters. The summed E-state index contributed by atoms with van der Waals surface area (Å²) in [5.41, 5.74) is 1.97. The highest BCUT2D eigenvalue weighted by molar-refractivity contribution is 7.14. The molecule has 0 bridgehead atoms. The maximum absolute atomic E-state index is 12.6. The van der Waals surface area contributed by atoms with Crippen LogP contribution < -0.4 is 4.90 Å². The molecular formula is C21H18N2O4S. The summed E-state index contributed by atoms with van der Waals surface area (Å²) >= 11 is 1.33. The first-order chi connectivity index (χ1) is 13.6. The lowest BCUT2D eigenvalue weighted by molar-refractivity contribution is -0.121. The van der Waals surface area contributed by atoms with E-state index >= 15 is 0 Å². The average Bonchev–Trinajstić information content (AvgIpc) is 3.21. The monoisotopic (exact) mass is 394 g/mol. The van der Waals surface area contributed by atoms with E-state index in [2.05, 4.69) is 11.6 Å². The second kappa shape index (κ2) is 8.96. The number of aromatic hydroxyl groups is 1. The Bertz CT molecular complexity index is 968. The van der Waals surface area contributed by atoms with E-state index in [1.165, 1.54) is 40.5 Å². The highest BCUT2D eigenvalue weighted by atomic mass is 32.1. The van der Waals surface area contributed by atoms with E-state index in [4.69, 9.17) is 4.74 Å². The van der Waals surface area contributed by atoms with Gasteiger partial charge in [0.25, 0.3) is 5.91 Å². The molecule has 0 saturated carbocycles. The fraction of sp³-hybridized carbons (Fsp3) is 0.0952. The maximum Gasteiger partial charge on any atom is 0.338 e. The summed E-state index contributed by atoms with van der Waals surface area (Å²) in [6.07, 6.45) is 1.59. The van der Waals surface area contributed by atoms with Crippen LogP contribution in [-0.4, -0.2) is 35.1 Å². The number of carbonyl (C=O) groups is 2. The molecule has 0 radical (unpaired) electrons. The SMILES string of the molecule is C=CCN(C(=O)COC(=O)c1ccc(O)cc1)c1nc(-c2ccccc2)cs1. The number of hydrogen-bond acceptors (Lipinski definition) is 6. The van der Waals surface area contributed by atoms with Gasteiger partial charge >= 0.3 is 5.97 Å². The zero-order valence-corrected chi connectivity index (χ0v) is 15.8. The van der Waals surface area contributed by atoms with Gasteiger partial charge in [0.1, 0.15) is 5.75 Å². The smallest absolute Gasteiger partial charge is 0.338 e. The van der Waals surface area contributed by atoms with Gasteiger partial charge in [0.15, 0.2) is 11.7 Å². The van der Waals surface area contributed by atoms with Gasteiger partial charge in [0, 0.05) is 17.5 Å². The number of amides is 1. The van der Waals surface area contributed by atoms with Gasteiger partial charge in [-0.2, -0.15) is 0 Å². The zero-order chi connectivity index (χ0) is 19.9. The normalized spacial score (nSPS) is 10.3. The van der Waals surface area contributed by atoms with Crippen molar-refractivity contribution in [2.24, 2.45) is 0 Å². The van der Waals surface area contributed by atoms with E-state index in [1.807, 2.05) is 35.7 Å². The number of benzene rings is 2. The highest BCUT2D eigenvalue weighted by Crippen LogP contribution is 2.27. The molecule has 1 amide bonds. The topological polar surface area (TPSA) is 79.7 Å². The number of anilines is 1. The van der Waals surface area contributed by atoms with Crippen molar-refractivity contribution in [2.75, 3.05) is 18.1 Å². The van der Waals surface area contributed by atoms with Gasteiger partial charge in [0.05, 0.1) is 11.3 Å². The van der Waals surface area contributed by atoms with Gasteiger partial charge in [-0.3, -0.25) is 9.69 Å². The molecule has 0 saturated heterocycles. The fourth-order valence-electron chi connectivity index (χ4n) is 2.43. The van der Waals surface area contributed by atoms with Crippen molar-refractivity contribution in [3.63, 3.8) is 0 Å². The number of hydrogen-bond donors (Lipinski definition) is 1. The molecule has 0 fully saturated rings. The summed E-state index contributed by atoms with van der Waals surface area (Å²) in [7, 11) is 0. The lowest BCUT2D eigenvalue weighted by Crippen LogP contribution is -2.34. The summed E-state index contributed by atoms with van der Waals surface area (Å²) in [5.74, 6) is -1.00. The van der Waals surface area contributed by atoms with Crippen molar-refractivity contribution in [1.82, 2.24) is 4.98 Å². The number of ether oxygens (including phenoxy) is 1. The van der Waals surface area contributed by atoms with Crippen molar-refractivity contribution < 1.29 is 19.4 Å². The van der Waals surface area contributed by atoms with Crippen LogP contribution in [0.1, 0.15) is 10.4 Å². The lowest BCUT2D eigenvalue weighted by atomic mass is 10.2. The van der Waals surface area contributed by atoms with Crippen molar-refractivity contribution >= 4 is 28.3 Å². The third kappa shape index (κ3) is 4.63. The van der Waals surface area contributed by atoms with E-state index in [-0.39, 0.29) is 17.9 Å². The molecule has 0 spiro atoms. The minimum Gasteiger partial charge on any atom is -0.508 e. The summed E-state index contributed by atoms with van der Waals surface area (Å²) in [6.45, 7) is 3.50. The standard InChI is InChI=1S/C21H18N2O4S/c1-2-12-23(21-22-18(14-28-21)15-6-4-3-5-7-15)19(25)13-27-20(26)16-8-10-17(24)11-9-16/h2-11,14,24H,1,12-13H2. The second-order valence-corrected chi connectivity index (χ2v) is 6.63. The van der Waals surface area contributed by atoms with Crippen LogP contribution >= 0.6 is 11.3 Å². The molecule has 1 aromatic heterocycles. The molecule has 1 N–H and O–H groups in total. The first-order valence-corrected chi connectivity index (χ1v) is 9.35. The van der Waals surface area contributed by atoms with Crippen LogP contribution in [0.3, 0.4) is 0 Å². The Labute approximate surface area is 166 Å². The van der Waals surface area contributed by atoms with Gasteiger partial charge < -0.3 is 9.84 Å². The number of phenols is 1. The number of aromatic nitrogens is 1. The van der Waals surface area contributed by atoms with Crippen LogP contribution in [0.5, 0.6) is 5.75 Å². The van der Waals surface area contributed by atoms with Gasteiger partial charge in [0.2, 0.25) is 0 Å². The van der Waals surface area contributed by atoms with Crippen LogP contribution in [0.15, 0.2) is 72.6 Å². The van der Waals surface area contributed by atoms with Crippen molar-refractivity contribution in [2.45, 2.75) is 0 Å². The van der Waals surface area contributed by atoms with Gasteiger partial charge in [-0.05, 0) is 24.3 Å². The van der Waals surface area contributed by atoms with Crippen LogP contribution in [0.4, 0.5) is 5.13 Å². The molecule has 28 heavy (non-hydrogen) atoms. The predicted molar refractivity (Wildman–Crippen MR) is 108 cm³/mol. The number of thiazole rings is 1. The Morgan fingerprint density at radius 3 is 2.54 bits per heavy atom. The molecule has 6 nitrogen and oxygen atoms in total. The number of esters is 1. The maximum atomic E-state index is 12.6. The summed E-state index contributed by atoms with van der Waals surface area (Å²) in [4.78, 5) is 30.6. The molecular weight excluding hydrogens is 376 g/mol. The molecule has 0 atom stereocenters. The number of nitrogens with zero attached hydrogens (tertiary/aromatic N) is 2. The van der Waals surface area contributed by atoms with E-state index in [0.29, 0.717) is 5.13 Å². The zero-order valence-electron chi connectivity index (χ0n) is 14.9. The van der Waals surface area contributed by atoms with Crippen molar-refractivity contribution in [1.29, 1.82) is 0 Å². The summed E-state index contributed by atoms with van der Waals surface area (Å²) in [5, 5.41) is 11.6. The Morgan fingerprint density at radius 1 is 1.14 bits per heavy atom. The Morgan fingerprint density at radius 2 is 1.86 bits per heavy atom. The molecule has 142 valence electrons. The third-order valence-electron chi connectivity index (χ3n) is 3.83. The van der Waals surface area contributed by atoms with Gasteiger partial charge in [-0.15, -0.1) is 17.9 Å². The Hall–Kier alpha value is -3.45. The molecule has 7 heteroatoms. The quantitative estimate of drug-likeness (QED) is 0.486.